The van der Waals surface area contributed by atoms with Crippen LogP contribution in [0.25, 0.3) is 0 Å². The minimum atomic E-state index is -0.885. The summed E-state index contributed by atoms with van der Waals surface area (Å²) in [6.45, 7) is 3.83. The van der Waals surface area contributed by atoms with Gasteiger partial charge >= 0.3 is 5.97 Å². The van der Waals surface area contributed by atoms with Crippen molar-refractivity contribution in [1.82, 2.24) is 5.32 Å². The van der Waals surface area contributed by atoms with Crippen LogP contribution in [0, 0.1) is 11.8 Å². The number of fused-ring (bicyclic) bond motifs is 2. The lowest BCUT2D eigenvalue weighted by atomic mass is 10.0. The quantitative estimate of drug-likeness (QED) is 0.181. The van der Waals surface area contributed by atoms with Crippen LogP contribution in [0.1, 0.15) is 48.8 Å². The van der Waals surface area contributed by atoms with Gasteiger partial charge in [0.1, 0.15) is 0 Å². The number of carbonyl (C=O) groups excluding carboxylic acids is 2. The van der Waals surface area contributed by atoms with Crippen LogP contribution in [0.4, 0.5) is 5.69 Å². The molecule has 0 aromatic heterocycles. The average Bonchev–Trinajstić information content (AvgIpc) is 2.98. The second-order valence-electron chi connectivity index (χ2n) is 9.55. The number of ether oxygens (including phenoxy) is 4. The lowest BCUT2D eigenvalue weighted by molar-refractivity contribution is -0.138. The summed E-state index contributed by atoms with van der Waals surface area (Å²) in [4.78, 5) is 37.6. The highest BCUT2D eigenvalue weighted by Crippen LogP contribution is 2.26. The average molecular weight is 581 g/mol. The topological polar surface area (TPSA) is 124 Å². The molecule has 2 N–H and O–H groups in total. The summed E-state index contributed by atoms with van der Waals surface area (Å²) in [5, 5.41) is 11.3. The molecular weight excluding hydrogens is 540 g/mol. The number of carbonyl (C=O) groups is 3. The molecule has 1 aliphatic rings. The van der Waals surface area contributed by atoms with Gasteiger partial charge in [0.2, 0.25) is 11.8 Å². The van der Waals surface area contributed by atoms with E-state index in [1.807, 2.05) is 48.5 Å². The Morgan fingerprint density at radius 1 is 0.714 bits per heavy atom. The Morgan fingerprint density at radius 3 is 2.00 bits per heavy atom. The molecule has 0 radical (unpaired) electrons. The molecule has 0 saturated carbocycles. The van der Waals surface area contributed by atoms with E-state index in [1.165, 1.54) is 0 Å². The zero-order valence-corrected chi connectivity index (χ0v) is 24.0. The molecule has 2 amide bonds. The van der Waals surface area contributed by atoms with Gasteiger partial charge in [0, 0.05) is 30.5 Å². The molecule has 0 aliphatic carbocycles. The third-order valence-electron chi connectivity index (χ3n) is 6.36. The molecule has 42 heavy (non-hydrogen) atoms. The fourth-order valence-corrected chi connectivity index (χ4v) is 4.18. The van der Waals surface area contributed by atoms with Crippen LogP contribution in [-0.2, 0) is 39.9 Å². The molecule has 0 unspecified atom stereocenters. The number of carboxylic acid groups (broad SMARTS) is 1. The van der Waals surface area contributed by atoms with Crippen molar-refractivity contribution in [2.75, 3.05) is 64.3 Å². The lowest BCUT2D eigenvalue weighted by Crippen LogP contribution is -2.31. The first kappa shape index (κ1) is 32.8. The number of hydrogen-bond acceptors (Lipinski definition) is 7. The first-order chi connectivity index (χ1) is 20.5. The lowest BCUT2D eigenvalue weighted by Gasteiger charge is -2.26. The summed E-state index contributed by atoms with van der Waals surface area (Å²) in [7, 11) is 0. The van der Waals surface area contributed by atoms with Crippen LogP contribution < -0.4 is 10.2 Å². The largest absolute Gasteiger partial charge is 0.481 e. The van der Waals surface area contributed by atoms with Crippen LogP contribution in [0.3, 0.4) is 0 Å². The Balaban J connectivity index is 1.20. The summed E-state index contributed by atoms with van der Waals surface area (Å²) < 4.78 is 21.3. The van der Waals surface area contributed by atoms with Gasteiger partial charge in [-0.15, -0.1) is 0 Å². The standard InChI is InChI=1S/C32H40N2O8/c35-30(33-16-18-40-20-22-42-24-23-41-21-19-39-17-15-32(37)38)11-5-6-12-31(36)34-25-28-9-2-1-7-26(28)13-14-27-8-3-4-10-29(27)34/h1-4,7-10H,5-6,11-12,15-25H2,(H,33,35)(H,37,38). The first-order valence-corrected chi connectivity index (χ1v) is 14.3. The Hall–Kier alpha value is -3.75. The van der Waals surface area contributed by atoms with Gasteiger partial charge in [-0.05, 0) is 36.6 Å². The predicted octanol–water partition coefficient (Wildman–Crippen LogP) is 3.15. The van der Waals surface area contributed by atoms with Crippen molar-refractivity contribution in [3.05, 3.63) is 65.2 Å². The summed E-state index contributed by atoms with van der Waals surface area (Å²) in [5.74, 6) is 5.51. The fourth-order valence-electron chi connectivity index (χ4n) is 4.18. The molecule has 226 valence electrons. The van der Waals surface area contributed by atoms with E-state index in [0.717, 1.165) is 22.4 Å². The van der Waals surface area contributed by atoms with E-state index < -0.39 is 5.97 Å². The summed E-state index contributed by atoms with van der Waals surface area (Å²) in [6, 6.07) is 15.6. The summed E-state index contributed by atoms with van der Waals surface area (Å²) >= 11 is 0. The highest BCUT2D eigenvalue weighted by molar-refractivity contribution is 5.95. The molecule has 3 rings (SSSR count). The molecule has 1 aliphatic heterocycles. The van der Waals surface area contributed by atoms with Crippen LogP contribution in [-0.4, -0.2) is 82.3 Å². The van der Waals surface area contributed by atoms with Crippen molar-refractivity contribution in [2.45, 2.75) is 38.6 Å². The number of nitrogens with one attached hydrogen (secondary N) is 1. The van der Waals surface area contributed by atoms with Gasteiger partial charge < -0.3 is 34.3 Å². The molecule has 0 saturated heterocycles. The molecule has 2 aromatic carbocycles. The van der Waals surface area contributed by atoms with Crippen LogP contribution in [0.5, 0.6) is 0 Å². The number of anilines is 1. The number of unbranched alkanes of at least 4 members (excludes halogenated alkanes) is 1. The van der Waals surface area contributed by atoms with Gasteiger partial charge in [-0.2, -0.15) is 0 Å². The van der Waals surface area contributed by atoms with Crippen LogP contribution in [0.2, 0.25) is 0 Å². The minimum Gasteiger partial charge on any atom is -0.481 e. The zero-order valence-electron chi connectivity index (χ0n) is 24.0. The Morgan fingerprint density at radius 2 is 1.29 bits per heavy atom. The normalized spacial score (nSPS) is 11.9. The number of amides is 2. The smallest absolute Gasteiger partial charge is 0.305 e. The van der Waals surface area contributed by atoms with Crippen molar-refractivity contribution in [1.29, 1.82) is 0 Å². The zero-order chi connectivity index (χ0) is 29.8. The van der Waals surface area contributed by atoms with Crippen LogP contribution in [0.15, 0.2) is 48.5 Å². The van der Waals surface area contributed by atoms with Crippen molar-refractivity contribution in [3.63, 3.8) is 0 Å². The number of aliphatic carboxylic acids is 1. The monoisotopic (exact) mass is 580 g/mol. The Labute approximate surface area is 247 Å². The van der Waals surface area contributed by atoms with E-state index >= 15 is 0 Å². The van der Waals surface area contributed by atoms with Gasteiger partial charge in [-0.25, -0.2) is 0 Å². The molecule has 2 aromatic rings. The van der Waals surface area contributed by atoms with Crippen molar-refractivity contribution in [3.8, 4) is 11.8 Å². The second kappa shape index (κ2) is 19.4. The van der Waals surface area contributed by atoms with E-state index in [2.05, 4.69) is 17.2 Å². The molecule has 0 atom stereocenters. The predicted molar refractivity (Wildman–Crippen MR) is 157 cm³/mol. The Kier molecular flexibility index (Phi) is 15.1. The van der Waals surface area contributed by atoms with E-state index in [9.17, 15) is 14.4 Å². The van der Waals surface area contributed by atoms with E-state index in [1.54, 1.807) is 4.90 Å². The van der Waals surface area contributed by atoms with Crippen molar-refractivity contribution in [2.24, 2.45) is 0 Å². The number of carboxylic acids is 1. The number of para-hydroxylation sites is 1. The maximum Gasteiger partial charge on any atom is 0.305 e. The van der Waals surface area contributed by atoms with Gasteiger partial charge in [0.15, 0.2) is 0 Å². The molecular formula is C32H40N2O8. The minimum absolute atomic E-state index is 0.0164. The third kappa shape index (κ3) is 12.4. The first-order valence-electron chi connectivity index (χ1n) is 14.3. The molecule has 10 nitrogen and oxygen atoms in total. The van der Waals surface area contributed by atoms with Gasteiger partial charge in [-0.1, -0.05) is 42.2 Å². The second-order valence-corrected chi connectivity index (χ2v) is 9.55. The number of rotatable bonds is 20. The van der Waals surface area contributed by atoms with Gasteiger partial charge in [0.05, 0.1) is 71.5 Å². The van der Waals surface area contributed by atoms with Crippen molar-refractivity contribution < 1.29 is 38.4 Å². The van der Waals surface area contributed by atoms with Crippen molar-refractivity contribution >= 4 is 23.5 Å². The van der Waals surface area contributed by atoms with Gasteiger partial charge in [0.25, 0.3) is 0 Å². The maximum atomic E-state index is 13.2. The van der Waals surface area contributed by atoms with Gasteiger partial charge in [-0.3, -0.25) is 14.4 Å². The molecule has 1 heterocycles. The number of hydrogen-bond donors (Lipinski definition) is 2. The third-order valence-corrected chi connectivity index (χ3v) is 6.36. The van der Waals surface area contributed by atoms with Crippen LogP contribution >= 0.6 is 0 Å². The molecule has 0 spiro atoms. The molecule has 10 heteroatoms. The Bertz CT molecular complexity index is 1210. The molecule has 0 bridgehead atoms. The van der Waals surface area contributed by atoms with E-state index in [0.29, 0.717) is 85.0 Å². The van der Waals surface area contributed by atoms with E-state index in [-0.39, 0.29) is 24.8 Å². The molecule has 0 fully saturated rings. The number of nitrogens with zero attached hydrogens (tertiary/aromatic N) is 1. The van der Waals surface area contributed by atoms with E-state index in [4.69, 9.17) is 24.1 Å². The summed E-state index contributed by atoms with van der Waals surface area (Å²) in [6.07, 6.45) is 1.93. The SMILES string of the molecule is O=C(O)CCOCCOCCOCCOCCNC(=O)CCCCC(=O)N1Cc2ccccc2C#Cc2ccccc21. The highest BCUT2D eigenvalue weighted by Gasteiger charge is 2.20. The number of benzene rings is 2. The highest BCUT2D eigenvalue weighted by atomic mass is 16.6. The summed E-state index contributed by atoms with van der Waals surface area (Å²) in [5.41, 5.74) is 3.59. The fraction of sp³-hybridized carbons (Fsp3) is 0.469. The maximum absolute atomic E-state index is 13.2.